The largest absolute Gasteiger partial charge is 0.497 e. The molecule has 2 aliphatic heterocycles. The van der Waals surface area contributed by atoms with Crippen LogP contribution in [0.4, 0.5) is 0 Å². The third kappa shape index (κ3) is 8.51. The van der Waals surface area contributed by atoms with Crippen LogP contribution in [0, 0.1) is 23.7 Å². The minimum Gasteiger partial charge on any atom is -0.497 e. The van der Waals surface area contributed by atoms with E-state index in [1.54, 1.807) is 12.1 Å². The Morgan fingerprint density at radius 1 is 1.02 bits per heavy atom. The van der Waals surface area contributed by atoms with Crippen LogP contribution in [-0.2, 0) is 35.4 Å². The Morgan fingerprint density at radius 3 is 2.44 bits per heavy atom. The summed E-state index contributed by atoms with van der Waals surface area (Å²) in [5, 5.41) is 11.5. The van der Waals surface area contributed by atoms with Gasteiger partial charge in [-0.1, -0.05) is 44.2 Å². The van der Waals surface area contributed by atoms with Gasteiger partial charge in [-0.05, 0) is 54.5 Å². The lowest BCUT2D eigenvalue weighted by Gasteiger charge is -2.30. The molecule has 10 heteroatoms. The summed E-state index contributed by atoms with van der Waals surface area (Å²) in [4.78, 5) is 13.4. The molecule has 2 aromatic rings. The summed E-state index contributed by atoms with van der Waals surface area (Å²) in [5.41, 5.74) is 0.944. The zero-order valence-corrected chi connectivity index (χ0v) is 25.0. The fourth-order valence-corrected chi connectivity index (χ4v) is 7.25. The van der Waals surface area contributed by atoms with Crippen LogP contribution in [-0.4, -0.2) is 82.6 Å². The van der Waals surface area contributed by atoms with Crippen LogP contribution < -0.4 is 4.74 Å². The summed E-state index contributed by atoms with van der Waals surface area (Å²) < 4.78 is 51.1. The fourth-order valence-electron chi connectivity index (χ4n) is 5.63. The molecule has 0 bridgehead atoms. The van der Waals surface area contributed by atoms with Crippen molar-refractivity contribution in [3.63, 3.8) is 0 Å². The third-order valence-electron chi connectivity index (χ3n) is 7.89. The minimum absolute atomic E-state index is 0.0181. The van der Waals surface area contributed by atoms with Crippen LogP contribution in [0.2, 0.25) is 0 Å². The van der Waals surface area contributed by atoms with Gasteiger partial charge in [-0.25, -0.2) is 8.42 Å². The quantitative estimate of drug-likeness (QED) is 0.353. The van der Waals surface area contributed by atoms with E-state index in [9.17, 15) is 18.3 Å². The summed E-state index contributed by atoms with van der Waals surface area (Å²) in [7, 11) is -2.40. The van der Waals surface area contributed by atoms with E-state index in [1.807, 2.05) is 44.2 Å². The maximum atomic E-state index is 13.7. The number of aliphatic hydroxyl groups is 1. The molecule has 41 heavy (non-hydrogen) atoms. The second-order valence-corrected chi connectivity index (χ2v) is 13.4. The van der Waals surface area contributed by atoms with Crippen LogP contribution in [0.15, 0.2) is 59.5 Å². The standard InChI is InChI=1S/C31H43NO8S/c1-22(2)17-32(41(35,36)27-11-9-26(37-3)10-12-27)18-29(33)25(15-23-7-5-4-6-8-23)16-31(34)40-30-21-38-14-13-24-19-39-20-28(24)30/h4-12,22,24-25,28-30,33H,13-21H2,1-3H3/t24?,25-,28?,29-,30?/m1/s1. The van der Waals surface area contributed by atoms with Gasteiger partial charge >= 0.3 is 5.97 Å². The number of benzene rings is 2. The topological polar surface area (TPSA) is 112 Å². The number of hydrogen-bond acceptors (Lipinski definition) is 8. The third-order valence-corrected chi connectivity index (χ3v) is 9.74. The molecule has 0 spiro atoms. The first-order valence-electron chi connectivity index (χ1n) is 14.4. The van der Waals surface area contributed by atoms with Crippen molar-refractivity contribution in [1.29, 1.82) is 0 Å². The van der Waals surface area contributed by atoms with Gasteiger partial charge in [0, 0.05) is 38.1 Å². The molecular weight excluding hydrogens is 546 g/mol. The normalized spacial score (nSPS) is 22.6. The Kier molecular flexibility index (Phi) is 11.2. The molecule has 3 unspecified atom stereocenters. The smallest absolute Gasteiger partial charge is 0.306 e. The van der Waals surface area contributed by atoms with Crippen LogP contribution in [0.3, 0.4) is 0 Å². The van der Waals surface area contributed by atoms with Crippen LogP contribution in [0.1, 0.15) is 32.3 Å². The van der Waals surface area contributed by atoms with Crippen molar-refractivity contribution in [3.8, 4) is 5.75 Å². The zero-order valence-electron chi connectivity index (χ0n) is 24.2. The zero-order chi connectivity index (χ0) is 29.4. The molecule has 226 valence electrons. The van der Waals surface area contributed by atoms with E-state index >= 15 is 0 Å². The predicted molar refractivity (Wildman–Crippen MR) is 154 cm³/mol. The molecule has 2 aliphatic rings. The van der Waals surface area contributed by atoms with Gasteiger partial charge in [0.05, 0.1) is 37.7 Å². The van der Waals surface area contributed by atoms with Crippen LogP contribution >= 0.6 is 0 Å². The second kappa shape index (κ2) is 14.6. The Labute approximate surface area is 243 Å². The number of carbonyl (C=O) groups excluding carboxylic acids is 1. The number of esters is 1. The van der Waals surface area contributed by atoms with E-state index in [4.69, 9.17) is 18.9 Å². The van der Waals surface area contributed by atoms with Crippen molar-refractivity contribution in [2.24, 2.45) is 23.7 Å². The van der Waals surface area contributed by atoms with E-state index in [-0.39, 0.29) is 36.2 Å². The Balaban J connectivity index is 1.52. The van der Waals surface area contributed by atoms with Crippen LogP contribution in [0.25, 0.3) is 0 Å². The molecule has 9 nitrogen and oxygen atoms in total. The molecule has 2 aromatic carbocycles. The number of ether oxygens (including phenoxy) is 4. The Bertz CT molecular complexity index is 1200. The SMILES string of the molecule is COc1ccc(S(=O)(=O)N(CC(C)C)C[C@@H](O)[C@@H](CC(=O)OC2COCCC3COCC32)Cc2ccccc2)cc1. The molecule has 0 radical (unpaired) electrons. The minimum atomic E-state index is -3.92. The van der Waals surface area contributed by atoms with E-state index in [2.05, 4.69) is 0 Å². The maximum Gasteiger partial charge on any atom is 0.306 e. The molecule has 2 saturated heterocycles. The number of fused-ring (bicyclic) bond motifs is 1. The summed E-state index contributed by atoms with van der Waals surface area (Å²) in [5.74, 6) is -0.0312. The summed E-state index contributed by atoms with van der Waals surface area (Å²) in [6.45, 7) is 6.04. The highest BCUT2D eigenvalue weighted by Gasteiger charge is 2.39. The number of sulfonamides is 1. The highest BCUT2D eigenvalue weighted by atomic mass is 32.2. The average molecular weight is 590 g/mol. The number of methoxy groups -OCH3 is 1. The molecule has 4 rings (SSSR count). The van der Waals surface area contributed by atoms with Gasteiger partial charge in [-0.2, -0.15) is 4.31 Å². The molecule has 5 atom stereocenters. The molecule has 0 aromatic heterocycles. The van der Waals surface area contributed by atoms with Crippen molar-refractivity contribution < 1.29 is 37.3 Å². The van der Waals surface area contributed by atoms with Crippen molar-refractivity contribution >= 4 is 16.0 Å². The number of carbonyl (C=O) groups is 1. The molecule has 2 fully saturated rings. The van der Waals surface area contributed by atoms with E-state index in [0.717, 1.165) is 12.0 Å². The lowest BCUT2D eigenvalue weighted by Crippen LogP contribution is -2.43. The number of aliphatic hydroxyl groups excluding tert-OH is 1. The number of hydrogen-bond donors (Lipinski definition) is 1. The molecule has 0 saturated carbocycles. The first-order chi connectivity index (χ1) is 19.7. The predicted octanol–water partition coefficient (Wildman–Crippen LogP) is 3.55. The second-order valence-electron chi connectivity index (χ2n) is 11.5. The van der Waals surface area contributed by atoms with Gasteiger partial charge in [-0.15, -0.1) is 0 Å². The summed E-state index contributed by atoms with van der Waals surface area (Å²) >= 11 is 0. The van der Waals surface area contributed by atoms with Crippen molar-refractivity contribution in [2.75, 3.05) is 46.6 Å². The van der Waals surface area contributed by atoms with Gasteiger partial charge < -0.3 is 24.1 Å². The van der Waals surface area contributed by atoms with Crippen LogP contribution in [0.5, 0.6) is 5.75 Å². The van der Waals surface area contributed by atoms with Crippen molar-refractivity contribution in [3.05, 3.63) is 60.2 Å². The fraction of sp³-hybridized carbons (Fsp3) is 0.581. The maximum absolute atomic E-state index is 13.7. The van der Waals surface area contributed by atoms with Crippen molar-refractivity contribution in [1.82, 2.24) is 4.31 Å². The van der Waals surface area contributed by atoms with Gasteiger partial charge in [-0.3, -0.25) is 4.79 Å². The van der Waals surface area contributed by atoms with E-state index in [0.29, 0.717) is 44.5 Å². The van der Waals surface area contributed by atoms with E-state index in [1.165, 1.54) is 23.5 Å². The Hall–Kier alpha value is -2.50. The lowest BCUT2D eigenvalue weighted by atomic mass is 9.89. The number of nitrogens with zero attached hydrogens (tertiary/aromatic N) is 1. The first-order valence-corrected chi connectivity index (χ1v) is 15.8. The van der Waals surface area contributed by atoms with Gasteiger partial charge in [0.2, 0.25) is 10.0 Å². The highest BCUT2D eigenvalue weighted by molar-refractivity contribution is 7.89. The monoisotopic (exact) mass is 589 g/mol. The summed E-state index contributed by atoms with van der Waals surface area (Å²) in [6.07, 6.45) is -0.293. The molecule has 0 aliphatic carbocycles. The average Bonchev–Trinajstić information content (AvgIpc) is 3.34. The van der Waals surface area contributed by atoms with E-state index < -0.39 is 34.1 Å². The molecule has 2 heterocycles. The molecule has 0 amide bonds. The molecular formula is C31H43NO8S. The summed E-state index contributed by atoms with van der Waals surface area (Å²) in [6, 6.07) is 15.8. The lowest BCUT2D eigenvalue weighted by molar-refractivity contribution is -0.157. The van der Waals surface area contributed by atoms with Gasteiger partial charge in [0.1, 0.15) is 11.9 Å². The highest BCUT2D eigenvalue weighted by Crippen LogP contribution is 2.32. The van der Waals surface area contributed by atoms with Crippen molar-refractivity contribution in [2.45, 2.75) is 50.2 Å². The number of rotatable bonds is 13. The van der Waals surface area contributed by atoms with Gasteiger partial charge in [0.25, 0.3) is 0 Å². The molecule has 1 N–H and O–H groups in total. The van der Waals surface area contributed by atoms with Gasteiger partial charge in [0.15, 0.2) is 0 Å². The first kappa shape index (κ1) is 31.4. The Morgan fingerprint density at radius 2 is 1.76 bits per heavy atom.